The van der Waals surface area contributed by atoms with Crippen molar-refractivity contribution in [2.45, 2.75) is 19.4 Å². The van der Waals surface area contributed by atoms with E-state index in [0.29, 0.717) is 29.3 Å². The van der Waals surface area contributed by atoms with E-state index in [9.17, 15) is 5.11 Å². The van der Waals surface area contributed by atoms with E-state index in [1.165, 1.54) is 0 Å². The third-order valence-corrected chi connectivity index (χ3v) is 4.12. The van der Waals surface area contributed by atoms with E-state index < -0.39 is 0 Å². The van der Waals surface area contributed by atoms with Gasteiger partial charge in [-0.1, -0.05) is 23.7 Å². The summed E-state index contributed by atoms with van der Waals surface area (Å²) in [6.07, 6.45) is 2.18. The van der Waals surface area contributed by atoms with Crippen LogP contribution in [0.3, 0.4) is 0 Å². The van der Waals surface area contributed by atoms with Crippen molar-refractivity contribution in [2.75, 3.05) is 19.7 Å². The molecule has 3 rings (SSSR count). The van der Waals surface area contributed by atoms with Gasteiger partial charge in [0.25, 0.3) is 0 Å². The van der Waals surface area contributed by atoms with Crippen molar-refractivity contribution in [1.82, 2.24) is 15.1 Å². The summed E-state index contributed by atoms with van der Waals surface area (Å²) in [5, 5.41) is 18.0. The Morgan fingerprint density at radius 3 is 3.00 bits per heavy atom. The van der Waals surface area contributed by atoms with Gasteiger partial charge in [0.2, 0.25) is 11.8 Å². The average molecular weight is 308 g/mol. The highest BCUT2D eigenvalue weighted by Crippen LogP contribution is 2.26. The molecule has 1 aliphatic heterocycles. The Morgan fingerprint density at radius 1 is 1.33 bits per heavy atom. The summed E-state index contributed by atoms with van der Waals surface area (Å²) in [5.41, 5.74) is 0.754. The van der Waals surface area contributed by atoms with Gasteiger partial charge in [-0.25, -0.2) is 0 Å². The molecule has 0 aliphatic carbocycles. The molecule has 1 saturated heterocycles. The van der Waals surface area contributed by atoms with E-state index in [0.717, 1.165) is 31.5 Å². The van der Waals surface area contributed by atoms with E-state index >= 15 is 0 Å². The largest absolute Gasteiger partial charge is 0.419 e. The monoisotopic (exact) mass is 307 g/mol. The number of aromatic nitrogens is 2. The molecule has 1 atom stereocenters. The molecule has 1 N–H and O–H groups in total. The fourth-order valence-electron chi connectivity index (χ4n) is 2.70. The summed E-state index contributed by atoms with van der Waals surface area (Å²) < 4.78 is 5.71. The Morgan fingerprint density at radius 2 is 2.19 bits per heavy atom. The fourth-order valence-corrected chi connectivity index (χ4v) is 2.91. The first-order valence-corrected chi connectivity index (χ1v) is 7.54. The van der Waals surface area contributed by atoms with Gasteiger partial charge in [-0.2, -0.15) is 0 Å². The van der Waals surface area contributed by atoms with Gasteiger partial charge < -0.3 is 9.52 Å². The van der Waals surface area contributed by atoms with Gasteiger partial charge in [0, 0.05) is 13.2 Å². The van der Waals surface area contributed by atoms with Crippen LogP contribution in [-0.2, 0) is 6.54 Å². The molecular weight excluding hydrogens is 290 g/mol. The first kappa shape index (κ1) is 14.5. The SMILES string of the molecule is OCC1CCCN(Cc2nnc(-c3ccccc3Cl)o2)C1. The summed E-state index contributed by atoms with van der Waals surface area (Å²) in [6.45, 7) is 2.74. The summed E-state index contributed by atoms with van der Waals surface area (Å²) in [5.74, 6) is 1.39. The number of likely N-dealkylation sites (tertiary alicyclic amines) is 1. The highest BCUT2D eigenvalue weighted by atomic mass is 35.5. The number of hydrogen-bond acceptors (Lipinski definition) is 5. The second kappa shape index (κ2) is 6.56. The van der Waals surface area contributed by atoms with Crippen LogP contribution in [0.15, 0.2) is 28.7 Å². The number of hydrogen-bond donors (Lipinski definition) is 1. The average Bonchev–Trinajstić information content (AvgIpc) is 2.96. The van der Waals surface area contributed by atoms with E-state index in [1.54, 1.807) is 6.07 Å². The van der Waals surface area contributed by atoms with Crippen LogP contribution in [0.2, 0.25) is 5.02 Å². The number of piperidine rings is 1. The van der Waals surface area contributed by atoms with Crippen LogP contribution in [0, 0.1) is 5.92 Å². The molecule has 2 aromatic rings. The topological polar surface area (TPSA) is 62.4 Å². The van der Waals surface area contributed by atoms with E-state index in [-0.39, 0.29) is 6.61 Å². The lowest BCUT2D eigenvalue weighted by Crippen LogP contribution is -2.36. The number of aliphatic hydroxyl groups is 1. The quantitative estimate of drug-likeness (QED) is 0.940. The molecule has 6 heteroatoms. The van der Waals surface area contributed by atoms with Crippen LogP contribution in [0.25, 0.3) is 11.5 Å². The van der Waals surface area contributed by atoms with Crippen molar-refractivity contribution in [2.24, 2.45) is 5.92 Å². The third kappa shape index (κ3) is 3.43. The van der Waals surface area contributed by atoms with Crippen molar-refractivity contribution in [3.63, 3.8) is 0 Å². The molecule has 1 fully saturated rings. The molecule has 1 unspecified atom stereocenters. The van der Waals surface area contributed by atoms with Gasteiger partial charge >= 0.3 is 0 Å². The lowest BCUT2D eigenvalue weighted by molar-refractivity contribution is 0.109. The number of nitrogens with zero attached hydrogens (tertiary/aromatic N) is 3. The highest BCUT2D eigenvalue weighted by Gasteiger charge is 2.21. The maximum Gasteiger partial charge on any atom is 0.249 e. The van der Waals surface area contributed by atoms with Gasteiger partial charge in [-0.3, -0.25) is 4.90 Å². The van der Waals surface area contributed by atoms with Crippen molar-refractivity contribution in [3.8, 4) is 11.5 Å². The van der Waals surface area contributed by atoms with E-state index in [4.69, 9.17) is 16.0 Å². The minimum absolute atomic E-state index is 0.241. The van der Waals surface area contributed by atoms with Crippen LogP contribution >= 0.6 is 11.6 Å². The molecule has 0 bridgehead atoms. The van der Waals surface area contributed by atoms with Gasteiger partial charge in [0.15, 0.2) is 0 Å². The number of benzene rings is 1. The summed E-state index contributed by atoms with van der Waals surface area (Å²) >= 11 is 6.13. The number of aliphatic hydroxyl groups excluding tert-OH is 1. The smallest absolute Gasteiger partial charge is 0.249 e. The standard InChI is InChI=1S/C15H18ClN3O2/c16-13-6-2-1-5-12(13)15-18-17-14(21-15)9-19-7-3-4-11(8-19)10-20/h1-2,5-6,11,20H,3-4,7-10H2. The number of halogens is 1. The van der Waals surface area contributed by atoms with Crippen LogP contribution in [0.4, 0.5) is 0 Å². The first-order valence-electron chi connectivity index (χ1n) is 7.17. The molecule has 112 valence electrons. The van der Waals surface area contributed by atoms with Gasteiger partial charge in [0.05, 0.1) is 17.1 Å². The van der Waals surface area contributed by atoms with Crippen LogP contribution in [0.1, 0.15) is 18.7 Å². The van der Waals surface area contributed by atoms with Crippen molar-refractivity contribution >= 4 is 11.6 Å². The predicted molar refractivity (Wildman–Crippen MR) is 79.8 cm³/mol. The normalized spacial score (nSPS) is 19.8. The second-order valence-electron chi connectivity index (χ2n) is 5.41. The van der Waals surface area contributed by atoms with Crippen LogP contribution in [-0.4, -0.2) is 39.9 Å². The zero-order valence-electron chi connectivity index (χ0n) is 11.7. The fraction of sp³-hybridized carbons (Fsp3) is 0.467. The molecular formula is C15H18ClN3O2. The Balaban J connectivity index is 1.69. The molecule has 1 aromatic carbocycles. The van der Waals surface area contributed by atoms with Crippen LogP contribution < -0.4 is 0 Å². The molecule has 0 spiro atoms. The third-order valence-electron chi connectivity index (χ3n) is 3.79. The van der Waals surface area contributed by atoms with Crippen molar-refractivity contribution < 1.29 is 9.52 Å². The Hall–Kier alpha value is -1.43. The summed E-state index contributed by atoms with van der Waals surface area (Å²) in [7, 11) is 0. The van der Waals surface area contributed by atoms with E-state index in [1.807, 2.05) is 18.2 Å². The summed E-state index contributed by atoms with van der Waals surface area (Å²) in [4.78, 5) is 2.24. The molecule has 2 heterocycles. The molecule has 1 aliphatic rings. The molecule has 21 heavy (non-hydrogen) atoms. The minimum atomic E-state index is 0.241. The maximum atomic E-state index is 9.27. The van der Waals surface area contributed by atoms with Gasteiger partial charge in [0.1, 0.15) is 0 Å². The molecule has 1 aromatic heterocycles. The molecule has 0 radical (unpaired) electrons. The van der Waals surface area contributed by atoms with Crippen LogP contribution in [0.5, 0.6) is 0 Å². The summed E-state index contributed by atoms with van der Waals surface area (Å²) in [6, 6.07) is 7.42. The van der Waals surface area contributed by atoms with Gasteiger partial charge in [-0.15, -0.1) is 10.2 Å². The zero-order valence-corrected chi connectivity index (χ0v) is 12.5. The molecule has 5 nitrogen and oxygen atoms in total. The Bertz CT molecular complexity index is 602. The molecule has 0 amide bonds. The van der Waals surface area contributed by atoms with Gasteiger partial charge in [-0.05, 0) is 37.4 Å². The number of rotatable bonds is 4. The molecule has 0 saturated carbocycles. The zero-order chi connectivity index (χ0) is 14.7. The maximum absolute atomic E-state index is 9.27. The Labute approximate surface area is 128 Å². The Kier molecular flexibility index (Phi) is 4.53. The lowest BCUT2D eigenvalue weighted by Gasteiger charge is -2.30. The lowest BCUT2D eigenvalue weighted by atomic mass is 9.99. The highest BCUT2D eigenvalue weighted by molar-refractivity contribution is 6.33. The van der Waals surface area contributed by atoms with Crippen molar-refractivity contribution in [3.05, 3.63) is 35.2 Å². The van der Waals surface area contributed by atoms with E-state index in [2.05, 4.69) is 15.1 Å². The first-order chi connectivity index (χ1) is 10.3. The minimum Gasteiger partial charge on any atom is -0.419 e. The van der Waals surface area contributed by atoms with Crippen molar-refractivity contribution in [1.29, 1.82) is 0 Å². The second-order valence-corrected chi connectivity index (χ2v) is 5.81. The predicted octanol–water partition coefficient (Wildman–Crippen LogP) is 2.59.